The molecule has 2 aromatic heterocycles. The summed E-state index contributed by atoms with van der Waals surface area (Å²) in [5, 5.41) is 11.4. The summed E-state index contributed by atoms with van der Waals surface area (Å²) in [5.74, 6) is -0.0142. The van der Waals surface area contributed by atoms with E-state index in [0.717, 1.165) is 18.0 Å². The molecule has 0 amide bonds. The Bertz CT molecular complexity index is 514. The molecule has 0 saturated heterocycles. The number of imidazole rings is 1. The molecule has 2 aromatic rings. The molecule has 0 radical (unpaired) electrons. The first kappa shape index (κ1) is 10.4. The van der Waals surface area contributed by atoms with Crippen LogP contribution in [0.1, 0.15) is 0 Å². The van der Waals surface area contributed by atoms with E-state index in [-0.39, 0.29) is 16.7 Å². The van der Waals surface area contributed by atoms with Crippen molar-refractivity contribution in [2.24, 2.45) is 0 Å². The third-order valence-electron chi connectivity index (χ3n) is 1.62. The van der Waals surface area contributed by atoms with Crippen LogP contribution in [0.25, 0.3) is 0 Å². The van der Waals surface area contributed by atoms with Crippen molar-refractivity contribution in [3.8, 4) is 0 Å². The number of hydrogen-bond donors (Lipinski definition) is 2. The van der Waals surface area contributed by atoms with Crippen LogP contribution in [0, 0.1) is 10.1 Å². The van der Waals surface area contributed by atoms with E-state index in [9.17, 15) is 10.1 Å². The Labute approximate surface area is 93.5 Å². The fraction of sp³-hybridized carbons (Fsp3) is 0. The second kappa shape index (κ2) is 4.14. The van der Waals surface area contributed by atoms with Gasteiger partial charge in [0.2, 0.25) is 5.95 Å². The van der Waals surface area contributed by atoms with Gasteiger partial charge in [-0.15, -0.1) is 0 Å². The first-order valence-electron chi connectivity index (χ1n) is 4.11. The Hall–Kier alpha value is -2.16. The van der Waals surface area contributed by atoms with E-state index in [1.54, 1.807) is 12.4 Å². The van der Waals surface area contributed by atoms with Gasteiger partial charge in [0.1, 0.15) is 6.20 Å². The van der Waals surface area contributed by atoms with Crippen LogP contribution in [0.4, 0.5) is 11.6 Å². The highest BCUT2D eigenvalue weighted by Gasteiger charge is 2.18. The van der Waals surface area contributed by atoms with Gasteiger partial charge in [0.05, 0.1) is 4.92 Å². The maximum absolute atomic E-state index is 10.7. The highest BCUT2D eigenvalue weighted by molar-refractivity contribution is 7.99. The molecule has 9 heteroatoms. The smallest absolute Gasteiger partial charge is 0.320 e. The third kappa shape index (κ3) is 2.08. The van der Waals surface area contributed by atoms with Crippen LogP contribution in [0.5, 0.6) is 0 Å². The van der Waals surface area contributed by atoms with Crippen molar-refractivity contribution in [1.82, 2.24) is 19.9 Å². The number of H-pyrrole nitrogens is 1. The van der Waals surface area contributed by atoms with Gasteiger partial charge < -0.3 is 10.7 Å². The minimum absolute atomic E-state index is 0.0142. The largest absolute Gasteiger partial charge is 0.368 e. The number of aromatic amines is 1. The molecule has 3 N–H and O–H groups in total. The molecule has 0 aliphatic heterocycles. The lowest BCUT2D eigenvalue weighted by Gasteiger charge is -1.99. The number of nitrogens with zero attached hydrogens (tertiary/aromatic N) is 4. The quantitative estimate of drug-likeness (QED) is 0.461. The highest BCUT2D eigenvalue weighted by atomic mass is 32.2. The number of aromatic nitrogens is 4. The maximum atomic E-state index is 10.7. The Morgan fingerprint density at radius 1 is 1.50 bits per heavy atom. The Morgan fingerprint density at radius 3 is 2.94 bits per heavy atom. The van der Waals surface area contributed by atoms with Crippen molar-refractivity contribution in [2.45, 2.75) is 10.2 Å². The second-order valence-corrected chi connectivity index (χ2v) is 3.65. The fourth-order valence-electron chi connectivity index (χ4n) is 0.971. The molecule has 0 aliphatic rings. The number of rotatable bonds is 3. The second-order valence-electron chi connectivity index (χ2n) is 2.67. The zero-order valence-corrected chi connectivity index (χ0v) is 8.64. The molecule has 8 nitrogen and oxygen atoms in total. The van der Waals surface area contributed by atoms with Crippen molar-refractivity contribution in [1.29, 1.82) is 0 Å². The molecule has 0 saturated carbocycles. The summed E-state index contributed by atoms with van der Waals surface area (Å²) in [6.45, 7) is 0. The molecular formula is C7H6N6O2S. The van der Waals surface area contributed by atoms with Gasteiger partial charge in [-0.1, -0.05) is 0 Å². The van der Waals surface area contributed by atoms with Crippen LogP contribution in [0.15, 0.2) is 28.8 Å². The van der Waals surface area contributed by atoms with Gasteiger partial charge in [0.15, 0.2) is 10.2 Å². The van der Waals surface area contributed by atoms with Gasteiger partial charge in [0.25, 0.3) is 0 Å². The fourth-order valence-corrected chi connectivity index (χ4v) is 1.77. The SMILES string of the molecule is Nc1ncc([N+](=O)[O-])c(Sc2ncc[nH]2)n1. The van der Waals surface area contributed by atoms with E-state index in [4.69, 9.17) is 5.73 Å². The molecule has 16 heavy (non-hydrogen) atoms. The molecule has 0 atom stereocenters. The molecule has 0 aliphatic carbocycles. The van der Waals surface area contributed by atoms with Crippen molar-refractivity contribution in [2.75, 3.05) is 5.73 Å². The molecular weight excluding hydrogens is 232 g/mol. The minimum atomic E-state index is -0.565. The Morgan fingerprint density at radius 2 is 2.31 bits per heavy atom. The predicted octanol–water partition coefficient (Wildman–Crippen LogP) is 0.841. The number of hydrogen-bond acceptors (Lipinski definition) is 7. The average molecular weight is 238 g/mol. The summed E-state index contributed by atoms with van der Waals surface area (Å²) in [6, 6.07) is 0. The lowest BCUT2D eigenvalue weighted by Crippen LogP contribution is -2.00. The van der Waals surface area contributed by atoms with Crippen molar-refractivity contribution in [3.05, 3.63) is 28.7 Å². The molecule has 0 bridgehead atoms. The van der Waals surface area contributed by atoms with E-state index >= 15 is 0 Å². The Balaban J connectivity index is 2.38. The van der Waals surface area contributed by atoms with E-state index < -0.39 is 4.92 Å². The highest BCUT2D eigenvalue weighted by Crippen LogP contribution is 2.30. The van der Waals surface area contributed by atoms with Crippen LogP contribution >= 0.6 is 11.8 Å². The van der Waals surface area contributed by atoms with Crippen LogP contribution in [0.2, 0.25) is 0 Å². The first-order chi connectivity index (χ1) is 7.66. The van der Waals surface area contributed by atoms with Gasteiger partial charge in [-0.3, -0.25) is 10.1 Å². The molecule has 82 valence electrons. The van der Waals surface area contributed by atoms with Crippen LogP contribution in [-0.4, -0.2) is 24.9 Å². The van der Waals surface area contributed by atoms with Gasteiger partial charge in [-0.05, 0) is 11.8 Å². The van der Waals surface area contributed by atoms with Crippen LogP contribution in [0.3, 0.4) is 0 Å². The van der Waals surface area contributed by atoms with Gasteiger partial charge in [0, 0.05) is 12.4 Å². The van der Waals surface area contributed by atoms with Crippen molar-refractivity contribution < 1.29 is 4.92 Å². The molecule has 0 unspecified atom stereocenters. The van der Waals surface area contributed by atoms with E-state index in [2.05, 4.69) is 19.9 Å². The number of nitrogens with two attached hydrogens (primary N) is 1. The summed E-state index contributed by atoms with van der Waals surface area (Å²) in [6.07, 6.45) is 4.23. The predicted molar refractivity (Wildman–Crippen MR) is 55.8 cm³/mol. The molecule has 0 spiro atoms. The van der Waals surface area contributed by atoms with E-state index in [1.165, 1.54) is 0 Å². The lowest BCUT2D eigenvalue weighted by atomic mass is 10.5. The summed E-state index contributed by atoms with van der Waals surface area (Å²) in [7, 11) is 0. The van der Waals surface area contributed by atoms with Crippen LogP contribution < -0.4 is 5.73 Å². The van der Waals surface area contributed by atoms with Crippen molar-refractivity contribution in [3.63, 3.8) is 0 Å². The molecule has 2 rings (SSSR count). The summed E-state index contributed by atoms with van der Waals surface area (Å²) in [5.41, 5.74) is 5.17. The number of nitro groups is 1. The van der Waals surface area contributed by atoms with Gasteiger partial charge in [-0.2, -0.15) is 4.98 Å². The number of nitrogen functional groups attached to an aromatic ring is 1. The summed E-state index contributed by atoms with van der Waals surface area (Å²) in [4.78, 5) is 24.2. The molecule has 0 fully saturated rings. The normalized spacial score (nSPS) is 10.2. The topological polar surface area (TPSA) is 124 Å². The van der Waals surface area contributed by atoms with E-state index in [0.29, 0.717) is 5.16 Å². The zero-order valence-electron chi connectivity index (χ0n) is 7.82. The molecule has 2 heterocycles. The average Bonchev–Trinajstić information content (AvgIpc) is 2.70. The van der Waals surface area contributed by atoms with Crippen LogP contribution in [-0.2, 0) is 0 Å². The zero-order chi connectivity index (χ0) is 11.5. The van der Waals surface area contributed by atoms with Crippen molar-refractivity contribution >= 4 is 23.4 Å². The minimum Gasteiger partial charge on any atom is -0.368 e. The summed E-state index contributed by atoms with van der Waals surface area (Å²) >= 11 is 1.02. The Kier molecular flexibility index (Phi) is 2.68. The summed E-state index contributed by atoms with van der Waals surface area (Å²) < 4.78 is 0. The molecule has 0 aromatic carbocycles. The third-order valence-corrected chi connectivity index (χ3v) is 2.53. The maximum Gasteiger partial charge on any atom is 0.320 e. The lowest BCUT2D eigenvalue weighted by molar-refractivity contribution is -0.388. The van der Waals surface area contributed by atoms with E-state index in [1.807, 2.05) is 0 Å². The first-order valence-corrected chi connectivity index (χ1v) is 4.92. The van der Waals surface area contributed by atoms with Gasteiger partial charge in [-0.25, -0.2) is 9.97 Å². The van der Waals surface area contributed by atoms with Gasteiger partial charge >= 0.3 is 5.69 Å². The standard InChI is InChI=1S/C7H6N6O2S/c8-6-11-3-4(13(14)15)5(12-6)16-7-9-1-2-10-7/h1-3H,(H,9,10)(H2,8,11,12). The monoisotopic (exact) mass is 238 g/mol. The number of anilines is 1. The number of nitrogens with one attached hydrogen (secondary N) is 1.